The number of nitrogens with one attached hydrogen (secondary N) is 1. The molecule has 8 nitrogen and oxygen atoms in total. The third-order valence-electron chi connectivity index (χ3n) is 6.46. The molecule has 35 heavy (non-hydrogen) atoms. The highest BCUT2D eigenvalue weighted by Crippen LogP contribution is 2.53. The summed E-state index contributed by atoms with van der Waals surface area (Å²) < 4.78 is 34.4. The van der Waals surface area contributed by atoms with Crippen LogP contribution in [0.5, 0.6) is 0 Å². The largest absolute Gasteiger partial charge is 0.393 e. The van der Waals surface area contributed by atoms with Crippen LogP contribution in [0.2, 0.25) is 5.02 Å². The maximum Gasteiger partial charge on any atom is 0.283 e. The Kier molecular flexibility index (Phi) is 5.59. The van der Waals surface area contributed by atoms with Crippen molar-refractivity contribution in [1.29, 1.82) is 5.26 Å². The molecule has 11 heteroatoms. The summed E-state index contributed by atoms with van der Waals surface area (Å²) in [5.41, 5.74) is 0.00475. The number of aliphatic hydroxyl groups is 1. The number of aryl methyl sites for hydroxylation is 1. The summed E-state index contributed by atoms with van der Waals surface area (Å²) in [6.07, 6.45) is 1.37. The molecule has 4 heterocycles. The average molecular weight is 499 g/mol. The minimum atomic E-state index is -2.95. The number of rotatable bonds is 6. The van der Waals surface area contributed by atoms with Gasteiger partial charge in [0.1, 0.15) is 17.3 Å². The molecule has 0 radical (unpaired) electrons. The molecule has 2 aliphatic heterocycles. The Morgan fingerprint density at radius 1 is 1.46 bits per heavy atom. The van der Waals surface area contributed by atoms with Crippen molar-refractivity contribution in [2.45, 2.75) is 37.3 Å². The lowest BCUT2D eigenvalue weighted by molar-refractivity contribution is -0.0469. The zero-order valence-electron chi connectivity index (χ0n) is 18.7. The topological polar surface area (TPSA) is 108 Å². The molecule has 1 aromatic carbocycles. The van der Waals surface area contributed by atoms with E-state index in [1.807, 2.05) is 12.1 Å². The summed E-state index contributed by atoms with van der Waals surface area (Å²) in [6.45, 7) is 5.58. The number of aromatic nitrogens is 3. The smallest absolute Gasteiger partial charge is 0.283 e. The van der Waals surface area contributed by atoms with Crippen molar-refractivity contribution in [1.82, 2.24) is 14.6 Å². The van der Waals surface area contributed by atoms with Crippen LogP contribution >= 0.6 is 11.6 Å². The Bertz CT molecular complexity index is 1520. The van der Waals surface area contributed by atoms with E-state index < -0.39 is 23.3 Å². The quantitative estimate of drug-likeness (QED) is 0.541. The Morgan fingerprint density at radius 2 is 2.23 bits per heavy atom. The second-order valence-corrected chi connectivity index (χ2v) is 9.32. The molecule has 0 unspecified atom stereocenters. The fraction of sp³-hybridized carbons (Fsp3) is 0.333. The molecular weight excluding hydrogens is 478 g/mol. The number of ether oxygens (including phenoxy) is 1. The Labute approximate surface area is 203 Å². The highest BCUT2D eigenvalue weighted by Gasteiger charge is 2.62. The molecule has 0 atom stereocenters. The molecule has 3 aromatic rings. The predicted octanol–water partition coefficient (Wildman–Crippen LogP) is 2.80. The van der Waals surface area contributed by atoms with Crippen molar-refractivity contribution < 1.29 is 18.6 Å². The van der Waals surface area contributed by atoms with E-state index in [2.05, 4.69) is 22.0 Å². The van der Waals surface area contributed by atoms with Gasteiger partial charge in [0.15, 0.2) is 11.1 Å². The molecule has 0 amide bonds. The number of nitrogens with zero attached hydrogens (tertiary/aromatic N) is 5. The number of benzene rings is 1. The van der Waals surface area contributed by atoms with Gasteiger partial charge in [-0.25, -0.2) is 13.8 Å². The summed E-state index contributed by atoms with van der Waals surface area (Å²) in [7, 11) is 0. The highest BCUT2D eigenvalue weighted by molar-refractivity contribution is 6.30. The van der Waals surface area contributed by atoms with Gasteiger partial charge in [0.25, 0.3) is 6.43 Å². The van der Waals surface area contributed by atoms with E-state index in [1.54, 1.807) is 25.1 Å². The van der Waals surface area contributed by atoms with Crippen LogP contribution in [0, 0.1) is 18.3 Å². The molecule has 2 bridgehead atoms. The summed E-state index contributed by atoms with van der Waals surface area (Å²) in [4.78, 5) is 9.40. The number of anilines is 1. The summed E-state index contributed by atoms with van der Waals surface area (Å²) in [6, 6.07) is 7.07. The van der Waals surface area contributed by atoms with Crippen LogP contribution in [0.1, 0.15) is 41.8 Å². The van der Waals surface area contributed by atoms with E-state index >= 15 is 0 Å². The number of aliphatic hydroxyl groups excluding tert-OH is 1. The van der Waals surface area contributed by atoms with Gasteiger partial charge in [-0.3, -0.25) is 4.99 Å². The fourth-order valence-electron chi connectivity index (χ4n) is 4.89. The van der Waals surface area contributed by atoms with E-state index in [0.29, 0.717) is 34.5 Å². The summed E-state index contributed by atoms with van der Waals surface area (Å²) in [5, 5.41) is 27.4. The van der Waals surface area contributed by atoms with Crippen molar-refractivity contribution in [3.63, 3.8) is 0 Å². The van der Waals surface area contributed by atoms with E-state index in [4.69, 9.17) is 21.3 Å². The van der Waals surface area contributed by atoms with Gasteiger partial charge in [-0.1, -0.05) is 24.2 Å². The van der Waals surface area contributed by atoms with Crippen molar-refractivity contribution in [3.05, 3.63) is 69.2 Å². The maximum absolute atomic E-state index is 13.7. The molecule has 0 spiro atoms. The van der Waals surface area contributed by atoms with Crippen LogP contribution in [0.25, 0.3) is 11.7 Å². The van der Waals surface area contributed by atoms with Gasteiger partial charge in [0, 0.05) is 28.8 Å². The fourth-order valence-corrected chi connectivity index (χ4v) is 5.06. The number of halogens is 3. The normalized spacial score (nSPS) is 24.1. The minimum Gasteiger partial charge on any atom is -0.393 e. The first-order valence-electron chi connectivity index (χ1n) is 10.8. The summed E-state index contributed by atoms with van der Waals surface area (Å²) >= 11 is 6.16. The van der Waals surface area contributed by atoms with Crippen molar-refractivity contribution >= 4 is 29.0 Å². The van der Waals surface area contributed by atoms with Crippen LogP contribution in [0.15, 0.2) is 36.0 Å². The number of nitriles is 1. The molecule has 2 aromatic heterocycles. The minimum absolute atomic E-state index is 0.0137. The number of fused-ring (bicyclic) bond motifs is 2. The Morgan fingerprint density at radius 3 is 2.86 bits per heavy atom. The van der Waals surface area contributed by atoms with Crippen LogP contribution in [-0.2, 0) is 4.74 Å². The summed E-state index contributed by atoms with van der Waals surface area (Å²) in [5.74, 6) is 0. The first-order valence-corrected chi connectivity index (χ1v) is 11.2. The molecular formula is C24H21ClF2N6O2. The second-order valence-electron chi connectivity index (χ2n) is 8.89. The number of hydrogen-bond donors (Lipinski definition) is 2. The molecule has 1 aliphatic carbocycles. The van der Waals surface area contributed by atoms with Gasteiger partial charge in [-0.05, 0) is 36.9 Å². The van der Waals surface area contributed by atoms with Crippen molar-refractivity contribution in [2.75, 3.05) is 18.5 Å². The first kappa shape index (κ1) is 23.4. The Balaban J connectivity index is 1.85. The zero-order chi connectivity index (χ0) is 25.0. The molecule has 2 saturated heterocycles. The third kappa shape index (κ3) is 3.76. The van der Waals surface area contributed by atoms with E-state index in [9.17, 15) is 19.1 Å². The van der Waals surface area contributed by atoms with Gasteiger partial charge >= 0.3 is 0 Å². The monoisotopic (exact) mass is 498 g/mol. The number of hydrogen-bond acceptors (Lipinski definition) is 7. The lowest BCUT2D eigenvalue weighted by atomic mass is 9.69. The molecule has 6 rings (SSSR count). The van der Waals surface area contributed by atoms with E-state index in [-0.39, 0.29) is 29.9 Å². The lowest BCUT2D eigenvalue weighted by Gasteiger charge is -2.40. The molecule has 1 saturated carbocycles. The van der Waals surface area contributed by atoms with Crippen LogP contribution < -0.4 is 16.0 Å². The molecule has 3 fully saturated rings. The van der Waals surface area contributed by atoms with Crippen LogP contribution in [0.4, 0.5) is 14.5 Å². The predicted molar refractivity (Wildman–Crippen MR) is 125 cm³/mol. The van der Waals surface area contributed by atoms with E-state index in [0.717, 1.165) is 5.56 Å². The van der Waals surface area contributed by atoms with Crippen molar-refractivity contribution in [2.24, 2.45) is 4.99 Å². The lowest BCUT2D eigenvalue weighted by Crippen LogP contribution is -2.52. The number of alkyl halides is 2. The maximum atomic E-state index is 13.7. The van der Waals surface area contributed by atoms with Crippen LogP contribution in [0.3, 0.4) is 0 Å². The SMILES string of the molecule is C=CNc1cc(Cl)ccc1/C=c1\c(C)nc2c(C#N)c(C(F)F)nn2c1=NC12COC(CO)(C1)C2. The molecule has 2 N–H and O–H groups in total. The van der Waals surface area contributed by atoms with E-state index in [1.165, 1.54) is 10.7 Å². The van der Waals surface area contributed by atoms with Gasteiger partial charge in [0.2, 0.25) is 0 Å². The standard InChI is InChI=1S/C24H21ClF2N6O2/c1-3-29-18-7-15(25)5-4-14(18)6-16-13(2)30-21-17(8-28)19(20(26)27)32-33(21)22(16)31-23-9-24(10-23,11-34)35-12-23/h3-7,20,29,34H,1,9-12H2,2H3/b16-6+,31-22?. The zero-order valence-corrected chi connectivity index (χ0v) is 19.5. The van der Waals surface area contributed by atoms with Gasteiger partial charge < -0.3 is 15.2 Å². The molecule has 3 aliphatic rings. The first-order chi connectivity index (χ1) is 16.7. The van der Waals surface area contributed by atoms with Crippen molar-refractivity contribution in [3.8, 4) is 6.07 Å². The van der Waals surface area contributed by atoms with Gasteiger partial charge in [-0.2, -0.15) is 14.9 Å². The third-order valence-corrected chi connectivity index (χ3v) is 6.70. The average Bonchev–Trinajstić information content (AvgIpc) is 3.47. The highest BCUT2D eigenvalue weighted by atomic mass is 35.5. The second kappa shape index (κ2) is 8.37. The Hall–Kier alpha value is -3.39. The van der Waals surface area contributed by atoms with Gasteiger partial charge in [-0.15, -0.1) is 0 Å². The van der Waals surface area contributed by atoms with Gasteiger partial charge in [0.05, 0.1) is 30.0 Å². The van der Waals surface area contributed by atoms with Crippen LogP contribution in [-0.4, -0.2) is 44.1 Å². The molecule has 180 valence electrons.